The second-order valence-electron chi connectivity index (χ2n) is 6.02. The van der Waals surface area contributed by atoms with Gasteiger partial charge in [0.15, 0.2) is 0 Å². The molecule has 4 heteroatoms. The molecule has 1 aliphatic carbocycles. The van der Waals surface area contributed by atoms with E-state index in [2.05, 4.69) is 30.0 Å². The molecule has 0 radical (unpaired) electrons. The summed E-state index contributed by atoms with van der Waals surface area (Å²) in [6, 6.07) is 6.43. The lowest BCUT2D eigenvalue weighted by atomic mass is 9.87. The molecule has 2 aliphatic rings. The topological polar surface area (TPSA) is 47.7 Å². The zero-order valence-electron chi connectivity index (χ0n) is 12.9. The van der Waals surface area contributed by atoms with Gasteiger partial charge in [-0.15, -0.1) is 0 Å². The Kier molecular flexibility index (Phi) is 4.78. The summed E-state index contributed by atoms with van der Waals surface area (Å²) in [7, 11) is 0. The van der Waals surface area contributed by atoms with E-state index >= 15 is 0 Å². The van der Waals surface area contributed by atoms with Crippen LogP contribution in [0.1, 0.15) is 36.9 Å². The average molecular weight is 290 g/mol. The summed E-state index contributed by atoms with van der Waals surface area (Å²) in [5.41, 5.74) is 8.77. The molecule has 2 N–H and O–H groups in total. The number of rotatable bonds is 4. The summed E-state index contributed by atoms with van der Waals surface area (Å²) in [4.78, 5) is 2.41. The molecule has 1 saturated heterocycles. The van der Waals surface area contributed by atoms with E-state index in [9.17, 15) is 0 Å². The number of fused-ring (bicyclic) bond motifs is 1. The van der Waals surface area contributed by atoms with Crippen molar-refractivity contribution in [2.24, 2.45) is 5.73 Å². The summed E-state index contributed by atoms with van der Waals surface area (Å²) in [5, 5.41) is 0. The molecule has 4 nitrogen and oxygen atoms in total. The molecule has 0 aromatic heterocycles. The third-order valence-electron chi connectivity index (χ3n) is 4.61. The average Bonchev–Trinajstić information content (AvgIpc) is 2.53. The van der Waals surface area contributed by atoms with Gasteiger partial charge in [0.2, 0.25) is 0 Å². The summed E-state index contributed by atoms with van der Waals surface area (Å²) >= 11 is 0. The van der Waals surface area contributed by atoms with E-state index in [1.54, 1.807) is 0 Å². The van der Waals surface area contributed by atoms with Gasteiger partial charge in [0.25, 0.3) is 0 Å². The zero-order valence-corrected chi connectivity index (χ0v) is 12.9. The van der Waals surface area contributed by atoms with Crippen molar-refractivity contribution in [1.82, 2.24) is 4.90 Å². The minimum absolute atomic E-state index is 0.166. The first-order valence-electron chi connectivity index (χ1n) is 8.12. The Balaban J connectivity index is 1.64. The second kappa shape index (κ2) is 6.77. The van der Waals surface area contributed by atoms with E-state index < -0.39 is 0 Å². The molecule has 0 saturated carbocycles. The molecule has 0 amide bonds. The van der Waals surface area contributed by atoms with E-state index in [1.807, 2.05) is 0 Å². The van der Waals surface area contributed by atoms with Gasteiger partial charge in [0.05, 0.1) is 6.61 Å². The van der Waals surface area contributed by atoms with Gasteiger partial charge < -0.3 is 15.2 Å². The molecule has 2 atom stereocenters. The number of hydrogen-bond donors (Lipinski definition) is 1. The first-order chi connectivity index (χ1) is 10.3. The maximum atomic E-state index is 6.20. The van der Waals surface area contributed by atoms with Crippen molar-refractivity contribution in [3.05, 3.63) is 29.3 Å². The molecule has 1 aromatic carbocycles. The van der Waals surface area contributed by atoms with Crippen molar-refractivity contribution >= 4 is 0 Å². The Labute approximate surface area is 127 Å². The summed E-state index contributed by atoms with van der Waals surface area (Å²) in [6.07, 6.45) is 3.48. The van der Waals surface area contributed by atoms with Crippen molar-refractivity contribution in [1.29, 1.82) is 0 Å². The number of nitrogens with two attached hydrogens (primary N) is 1. The van der Waals surface area contributed by atoms with Crippen LogP contribution in [0.4, 0.5) is 0 Å². The molecule has 1 aliphatic heterocycles. The van der Waals surface area contributed by atoms with Crippen molar-refractivity contribution < 1.29 is 9.47 Å². The Morgan fingerprint density at radius 2 is 2.33 bits per heavy atom. The molecule has 2 unspecified atom stereocenters. The molecule has 1 heterocycles. The molecular formula is C17H26N2O2. The molecule has 21 heavy (non-hydrogen) atoms. The summed E-state index contributed by atoms with van der Waals surface area (Å²) in [5.74, 6) is 1.000. The monoisotopic (exact) mass is 290 g/mol. The van der Waals surface area contributed by atoms with Crippen molar-refractivity contribution in [2.45, 2.75) is 38.3 Å². The summed E-state index contributed by atoms with van der Waals surface area (Å²) in [6.45, 7) is 6.70. The highest BCUT2D eigenvalue weighted by molar-refractivity contribution is 5.43. The maximum Gasteiger partial charge on any atom is 0.122 e. The number of benzene rings is 1. The maximum absolute atomic E-state index is 6.20. The normalized spacial score (nSPS) is 26.4. The first-order valence-corrected chi connectivity index (χ1v) is 8.12. The van der Waals surface area contributed by atoms with Gasteiger partial charge in [-0.05, 0) is 43.0 Å². The fourth-order valence-electron chi connectivity index (χ4n) is 3.34. The first kappa shape index (κ1) is 14.8. The van der Waals surface area contributed by atoms with Gasteiger partial charge in [0.1, 0.15) is 18.5 Å². The predicted molar refractivity (Wildman–Crippen MR) is 83.7 cm³/mol. The molecule has 1 aromatic rings. The van der Waals surface area contributed by atoms with Crippen molar-refractivity contribution in [3.63, 3.8) is 0 Å². The predicted octanol–water partition coefficient (Wildman–Crippen LogP) is 2.12. The van der Waals surface area contributed by atoms with Gasteiger partial charge in [-0.3, -0.25) is 4.90 Å². The van der Waals surface area contributed by atoms with Crippen LogP contribution in [0.2, 0.25) is 0 Å². The lowest BCUT2D eigenvalue weighted by Gasteiger charge is -2.32. The Morgan fingerprint density at radius 3 is 3.19 bits per heavy atom. The number of ether oxygens (including phenoxy) is 2. The van der Waals surface area contributed by atoms with Gasteiger partial charge in [0, 0.05) is 19.1 Å². The fraction of sp³-hybridized carbons (Fsp3) is 0.647. The van der Waals surface area contributed by atoms with Crippen LogP contribution in [-0.4, -0.2) is 43.9 Å². The van der Waals surface area contributed by atoms with Gasteiger partial charge in [-0.25, -0.2) is 0 Å². The Morgan fingerprint density at radius 1 is 1.43 bits per heavy atom. The minimum atomic E-state index is 0.166. The van der Waals surface area contributed by atoms with Crippen LogP contribution >= 0.6 is 0 Å². The highest BCUT2D eigenvalue weighted by atomic mass is 16.5. The minimum Gasteiger partial charge on any atom is -0.491 e. The molecule has 0 spiro atoms. The highest BCUT2D eigenvalue weighted by Gasteiger charge is 2.22. The van der Waals surface area contributed by atoms with Gasteiger partial charge in [-0.1, -0.05) is 19.1 Å². The Bertz CT molecular complexity index is 478. The van der Waals surface area contributed by atoms with Crippen LogP contribution in [0.25, 0.3) is 0 Å². The SMILES string of the molecule is CCN1CCOC(COc2cccc3c2CCCC3N)C1. The van der Waals surface area contributed by atoms with E-state index in [0.29, 0.717) is 6.61 Å². The number of morpholine rings is 1. The van der Waals surface area contributed by atoms with Crippen molar-refractivity contribution in [3.8, 4) is 5.75 Å². The number of nitrogens with zero attached hydrogens (tertiary/aromatic N) is 1. The smallest absolute Gasteiger partial charge is 0.122 e. The quantitative estimate of drug-likeness (QED) is 0.923. The molecule has 116 valence electrons. The van der Waals surface area contributed by atoms with E-state index in [-0.39, 0.29) is 12.1 Å². The standard InChI is InChI=1S/C17H26N2O2/c1-2-19-9-10-20-13(11-19)12-21-17-8-4-5-14-15(17)6-3-7-16(14)18/h4-5,8,13,16H,2-3,6-7,9-12,18H2,1H3. The van der Waals surface area contributed by atoms with E-state index in [1.165, 1.54) is 11.1 Å². The third-order valence-corrected chi connectivity index (χ3v) is 4.61. The fourth-order valence-corrected chi connectivity index (χ4v) is 3.34. The zero-order chi connectivity index (χ0) is 14.7. The van der Waals surface area contributed by atoms with E-state index in [0.717, 1.165) is 51.3 Å². The largest absolute Gasteiger partial charge is 0.491 e. The molecule has 1 fully saturated rings. The van der Waals surface area contributed by atoms with Crippen LogP contribution < -0.4 is 10.5 Å². The number of likely N-dealkylation sites (N-methyl/N-ethyl adjacent to an activating group) is 1. The van der Waals surface area contributed by atoms with Crippen molar-refractivity contribution in [2.75, 3.05) is 32.8 Å². The molecular weight excluding hydrogens is 264 g/mol. The van der Waals surface area contributed by atoms with Crippen LogP contribution in [-0.2, 0) is 11.2 Å². The molecule has 0 bridgehead atoms. The van der Waals surface area contributed by atoms with Crippen LogP contribution in [0.5, 0.6) is 5.75 Å². The van der Waals surface area contributed by atoms with Crippen LogP contribution in [0, 0.1) is 0 Å². The van der Waals surface area contributed by atoms with Crippen LogP contribution in [0.3, 0.4) is 0 Å². The number of hydrogen-bond acceptors (Lipinski definition) is 4. The van der Waals surface area contributed by atoms with Gasteiger partial charge >= 0.3 is 0 Å². The van der Waals surface area contributed by atoms with Crippen LogP contribution in [0.15, 0.2) is 18.2 Å². The molecule has 3 rings (SSSR count). The Hall–Kier alpha value is -1.10. The third kappa shape index (κ3) is 3.39. The lowest BCUT2D eigenvalue weighted by Crippen LogP contribution is -2.44. The van der Waals surface area contributed by atoms with E-state index in [4.69, 9.17) is 15.2 Å². The second-order valence-corrected chi connectivity index (χ2v) is 6.02. The van der Waals surface area contributed by atoms with Gasteiger partial charge in [-0.2, -0.15) is 0 Å². The highest BCUT2D eigenvalue weighted by Crippen LogP contribution is 2.34. The lowest BCUT2D eigenvalue weighted by molar-refractivity contribution is -0.0465. The summed E-state index contributed by atoms with van der Waals surface area (Å²) < 4.78 is 11.9.